The van der Waals surface area contributed by atoms with Crippen molar-refractivity contribution in [2.45, 2.75) is 26.8 Å². The Morgan fingerprint density at radius 2 is 1.88 bits per heavy atom. The van der Waals surface area contributed by atoms with E-state index in [9.17, 15) is 4.79 Å². The van der Waals surface area contributed by atoms with Gasteiger partial charge in [0.2, 0.25) is 5.95 Å². The van der Waals surface area contributed by atoms with Crippen LogP contribution in [0.25, 0.3) is 11.4 Å². The van der Waals surface area contributed by atoms with Gasteiger partial charge in [-0.25, -0.2) is 4.68 Å². The molecule has 5 rings (SSSR count). The van der Waals surface area contributed by atoms with E-state index in [2.05, 4.69) is 21.7 Å². The van der Waals surface area contributed by atoms with Crippen LogP contribution in [0.3, 0.4) is 0 Å². The lowest BCUT2D eigenvalue weighted by Gasteiger charge is -2.28. The highest BCUT2D eigenvalue weighted by atomic mass is 16.1. The zero-order chi connectivity index (χ0) is 22.9. The Bertz CT molecular complexity index is 1370. The molecule has 0 fully saturated rings. The van der Waals surface area contributed by atoms with Crippen molar-refractivity contribution in [1.29, 1.82) is 0 Å². The third-order valence-corrected chi connectivity index (χ3v) is 5.76. The highest BCUT2D eigenvalue weighted by Crippen LogP contribution is 2.37. The standard InChI is InChI=1S/C26H24N6O/c1-16-8-6-10-19(14-16)23-22(25(33)29-20-11-7-13-27-15-20)18(3)28-26-30-24(31-32(23)26)21-12-5-4-9-17(21)2/h4-15,23H,1-3H3,(H,29,33)(H,28,30,31)/t23-/m1/s1. The van der Waals surface area contributed by atoms with Crippen LogP contribution in [-0.2, 0) is 4.79 Å². The number of hydrogen-bond donors (Lipinski definition) is 2. The fraction of sp³-hybridized carbons (Fsp3) is 0.154. The molecule has 7 nitrogen and oxygen atoms in total. The van der Waals surface area contributed by atoms with Crippen LogP contribution < -0.4 is 10.6 Å². The topological polar surface area (TPSA) is 84.7 Å². The van der Waals surface area contributed by atoms with Crippen LogP contribution in [0.5, 0.6) is 0 Å². The molecule has 3 heterocycles. The molecule has 2 aromatic carbocycles. The lowest BCUT2D eigenvalue weighted by atomic mass is 9.94. The smallest absolute Gasteiger partial charge is 0.255 e. The molecule has 4 aromatic rings. The van der Waals surface area contributed by atoms with Gasteiger partial charge in [0.1, 0.15) is 6.04 Å². The Labute approximate surface area is 192 Å². The number of amides is 1. The Kier molecular flexibility index (Phi) is 5.22. The molecule has 0 spiro atoms. The number of allylic oxidation sites excluding steroid dienone is 1. The Morgan fingerprint density at radius 3 is 2.64 bits per heavy atom. The number of carbonyl (C=O) groups excluding carboxylic acids is 1. The van der Waals surface area contributed by atoms with Gasteiger partial charge in [-0.15, -0.1) is 5.10 Å². The third-order valence-electron chi connectivity index (χ3n) is 5.76. The van der Waals surface area contributed by atoms with Crippen LogP contribution in [0.1, 0.15) is 29.7 Å². The van der Waals surface area contributed by atoms with Crippen molar-refractivity contribution in [2.24, 2.45) is 0 Å². The molecule has 2 N–H and O–H groups in total. The van der Waals surface area contributed by atoms with Gasteiger partial charge >= 0.3 is 0 Å². The maximum atomic E-state index is 13.5. The summed E-state index contributed by atoms with van der Waals surface area (Å²) in [6, 6.07) is 19.3. The maximum absolute atomic E-state index is 13.5. The van der Waals surface area contributed by atoms with Crippen molar-refractivity contribution < 1.29 is 4.79 Å². The van der Waals surface area contributed by atoms with Crippen LogP contribution in [-0.4, -0.2) is 25.7 Å². The second kappa shape index (κ2) is 8.35. The Hall–Kier alpha value is -4.26. The number of aromatic nitrogens is 4. The van der Waals surface area contributed by atoms with Crippen molar-refractivity contribution in [3.05, 3.63) is 101 Å². The monoisotopic (exact) mass is 436 g/mol. The van der Waals surface area contributed by atoms with Crippen molar-refractivity contribution in [1.82, 2.24) is 19.7 Å². The molecule has 1 aliphatic rings. The van der Waals surface area contributed by atoms with Crippen molar-refractivity contribution >= 4 is 17.5 Å². The minimum Gasteiger partial charge on any atom is -0.328 e. The van der Waals surface area contributed by atoms with Gasteiger partial charge in [-0.05, 0) is 44.0 Å². The number of pyridine rings is 1. The van der Waals surface area contributed by atoms with Gasteiger partial charge < -0.3 is 10.6 Å². The number of carbonyl (C=O) groups is 1. The number of fused-ring (bicyclic) bond motifs is 1. The fourth-order valence-corrected chi connectivity index (χ4v) is 4.17. The minimum atomic E-state index is -0.428. The molecule has 1 amide bonds. The number of anilines is 2. The van der Waals surface area contributed by atoms with Gasteiger partial charge in [0.25, 0.3) is 5.91 Å². The molecular formula is C26H24N6O. The van der Waals surface area contributed by atoms with E-state index in [1.165, 1.54) is 0 Å². The summed E-state index contributed by atoms with van der Waals surface area (Å²) in [7, 11) is 0. The molecule has 0 aliphatic carbocycles. The molecule has 0 saturated heterocycles. The average molecular weight is 437 g/mol. The summed E-state index contributed by atoms with van der Waals surface area (Å²) in [5.41, 5.74) is 6.08. The van der Waals surface area contributed by atoms with Crippen molar-refractivity contribution in [3.8, 4) is 11.4 Å². The second-order valence-corrected chi connectivity index (χ2v) is 8.19. The van der Waals surface area contributed by atoms with Crippen molar-refractivity contribution in [3.63, 3.8) is 0 Å². The summed E-state index contributed by atoms with van der Waals surface area (Å²) in [6.07, 6.45) is 3.30. The third kappa shape index (κ3) is 3.89. The molecule has 0 saturated carbocycles. The molecular weight excluding hydrogens is 412 g/mol. The lowest BCUT2D eigenvalue weighted by molar-refractivity contribution is -0.113. The van der Waals surface area contributed by atoms with Crippen LogP contribution in [0.15, 0.2) is 84.3 Å². The Balaban J connectivity index is 1.63. The molecule has 0 bridgehead atoms. The van der Waals surface area contributed by atoms with Gasteiger partial charge in [-0.3, -0.25) is 9.78 Å². The first-order valence-electron chi connectivity index (χ1n) is 10.8. The zero-order valence-electron chi connectivity index (χ0n) is 18.7. The first-order chi connectivity index (χ1) is 16.0. The predicted molar refractivity (Wildman–Crippen MR) is 129 cm³/mol. The number of benzene rings is 2. The maximum Gasteiger partial charge on any atom is 0.255 e. The number of aryl methyl sites for hydroxylation is 2. The number of hydrogen-bond acceptors (Lipinski definition) is 5. The van der Waals surface area contributed by atoms with E-state index in [0.29, 0.717) is 23.0 Å². The molecule has 2 aromatic heterocycles. The van der Waals surface area contributed by atoms with Crippen LogP contribution in [0.4, 0.5) is 11.6 Å². The SMILES string of the molecule is CC1=C(C(=O)Nc2cccnc2)[C@@H](c2cccc(C)c2)n2nc(-c3ccccc3C)nc2N1. The molecule has 7 heteroatoms. The Morgan fingerprint density at radius 1 is 1.03 bits per heavy atom. The summed E-state index contributed by atoms with van der Waals surface area (Å²) in [5, 5.41) is 11.1. The zero-order valence-corrected chi connectivity index (χ0v) is 18.7. The molecule has 164 valence electrons. The minimum absolute atomic E-state index is 0.210. The van der Waals surface area contributed by atoms with Gasteiger partial charge in [0.05, 0.1) is 17.5 Å². The van der Waals surface area contributed by atoms with Crippen LogP contribution in [0, 0.1) is 13.8 Å². The highest BCUT2D eigenvalue weighted by molar-refractivity contribution is 6.05. The molecule has 0 radical (unpaired) electrons. The summed E-state index contributed by atoms with van der Waals surface area (Å²) >= 11 is 0. The quantitative estimate of drug-likeness (QED) is 0.476. The van der Waals surface area contributed by atoms with Gasteiger partial charge in [0.15, 0.2) is 5.82 Å². The predicted octanol–water partition coefficient (Wildman–Crippen LogP) is 4.88. The molecule has 0 unspecified atom stereocenters. The van der Waals surface area contributed by atoms with Gasteiger partial charge in [-0.2, -0.15) is 4.98 Å². The van der Waals surface area contributed by atoms with Gasteiger partial charge in [-0.1, -0.05) is 54.1 Å². The van der Waals surface area contributed by atoms with E-state index < -0.39 is 6.04 Å². The van der Waals surface area contributed by atoms with E-state index in [1.54, 1.807) is 18.5 Å². The first-order valence-corrected chi connectivity index (χ1v) is 10.8. The van der Waals surface area contributed by atoms with E-state index in [0.717, 1.165) is 28.0 Å². The fourth-order valence-electron chi connectivity index (χ4n) is 4.17. The van der Waals surface area contributed by atoms with Crippen LogP contribution in [0.2, 0.25) is 0 Å². The average Bonchev–Trinajstić information content (AvgIpc) is 3.22. The summed E-state index contributed by atoms with van der Waals surface area (Å²) in [4.78, 5) is 22.4. The second-order valence-electron chi connectivity index (χ2n) is 8.19. The number of rotatable bonds is 4. The van der Waals surface area contributed by atoms with E-state index in [4.69, 9.17) is 10.1 Å². The largest absolute Gasteiger partial charge is 0.328 e. The first kappa shape index (κ1) is 20.6. The summed E-state index contributed by atoms with van der Waals surface area (Å²) in [5.74, 6) is 1.02. The normalized spacial score (nSPS) is 15.1. The lowest BCUT2D eigenvalue weighted by Crippen LogP contribution is -2.31. The summed E-state index contributed by atoms with van der Waals surface area (Å²) < 4.78 is 1.81. The van der Waals surface area contributed by atoms with Crippen molar-refractivity contribution in [2.75, 3.05) is 10.6 Å². The molecule has 1 aliphatic heterocycles. The van der Waals surface area contributed by atoms with E-state index in [1.807, 2.05) is 74.0 Å². The van der Waals surface area contributed by atoms with Gasteiger partial charge in [0, 0.05) is 17.5 Å². The van der Waals surface area contributed by atoms with Crippen LogP contribution >= 0.6 is 0 Å². The summed E-state index contributed by atoms with van der Waals surface area (Å²) in [6.45, 7) is 5.97. The molecule has 33 heavy (non-hydrogen) atoms. The van der Waals surface area contributed by atoms with E-state index in [-0.39, 0.29) is 5.91 Å². The van der Waals surface area contributed by atoms with E-state index >= 15 is 0 Å². The number of nitrogens with zero attached hydrogens (tertiary/aromatic N) is 4. The molecule has 1 atom stereocenters. The highest BCUT2D eigenvalue weighted by Gasteiger charge is 2.34. The number of nitrogens with one attached hydrogen (secondary N) is 2.